The van der Waals surface area contributed by atoms with E-state index in [4.69, 9.17) is 0 Å². The van der Waals surface area contributed by atoms with E-state index in [1.165, 1.54) is 12.1 Å². The number of carbonyl (C=O) groups is 2. The van der Waals surface area contributed by atoms with Crippen LogP contribution in [-0.4, -0.2) is 19.0 Å². The number of aryl methyl sites for hydroxylation is 1. The number of benzene rings is 1. The summed E-state index contributed by atoms with van der Waals surface area (Å²) < 4.78 is 21.6. The molecule has 0 saturated heterocycles. The summed E-state index contributed by atoms with van der Waals surface area (Å²) in [6, 6.07) is 3.72. The van der Waals surface area contributed by atoms with Crippen LogP contribution >= 0.6 is 0 Å². The quantitative estimate of drug-likeness (QED) is 0.399. The first-order chi connectivity index (χ1) is 7.02. The fraction of sp³-hybridized carbons (Fsp3) is 0.200. The van der Waals surface area contributed by atoms with Gasteiger partial charge in [0.25, 0.3) is 0 Å². The molecular weight excluding hydrogens is 203 g/mol. The summed E-state index contributed by atoms with van der Waals surface area (Å²) in [6.45, 7) is 1.64. The minimum Gasteiger partial charge on any atom is -0.461 e. The normalized spacial score (nSPS) is 9.53. The lowest BCUT2D eigenvalue weighted by atomic mass is 10.2. The largest absolute Gasteiger partial charge is 0.461 e. The molecule has 0 aliphatic heterocycles. The Morgan fingerprint density at radius 1 is 1.20 bits per heavy atom. The van der Waals surface area contributed by atoms with E-state index in [1.54, 1.807) is 6.92 Å². The molecule has 0 atom stereocenters. The summed E-state index contributed by atoms with van der Waals surface area (Å²) in [5.41, 5.74) is 0.586. The highest BCUT2D eigenvalue weighted by Gasteiger charge is 2.16. The fourth-order valence-electron chi connectivity index (χ4n) is 0.994. The lowest BCUT2D eigenvalue weighted by molar-refractivity contribution is -0.160. The number of methoxy groups -OCH3 is 1. The van der Waals surface area contributed by atoms with Gasteiger partial charge in [0.15, 0.2) is 0 Å². The maximum Gasteiger partial charge on any atom is 0.422 e. The second-order valence-electron chi connectivity index (χ2n) is 2.85. The molecule has 0 saturated carbocycles. The first-order valence-electron chi connectivity index (χ1n) is 4.10. The van der Waals surface area contributed by atoms with Crippen molar-refractivity contribution >= 4 is 11.9 Å². The summed E-state index contributed by atoms with van der Waals surface area (Å²) in [5.74, 6) is -2.87. The van der Waals surface area contributed by atoms with E-state index in [0.717, 1.165) is 13.2 Å². The lowest BCUT2D eigenvalue weighted by Gasteiger charge is -2.03. The van der Waals surface area contributed by atoms with Gasteiger partial charge in [-0.05, 0) is 24.6 Å². The molecule has 80 valence electrons. The Hall–Kier alpha value is -1.91. The molecular formula is C10H9FO4. The zero-order valence-electron chi connectivity index (χ0n) is 8.24. The highest BCUT2D eigenvalue weighted by atomic mass is 19.1. The van der Waals surface area contributed by atoms with Gasteiger partial charge >= 0.3 is 11.9 Å². The second-order valence-corrected chi connectivity index (χ2v) is 2.85. The van der Waals surface area contributed by atoms with Crippen LogP contribution in [0.3, 0.4) is 0 Å². The molecule has 1 aromatic rings. The number of rotatable bonds is 1. The van der Waals surface area contributed by atoms with Crippen LogP contribution in [0.1, 0.15) is 5.56 Å². The SMILES string of the molecule is COC(=O)C(=O)Oc1cc(C)cc(F)c1. The zero-order chi connectivity index (χ0) is 11.4. The van der Waals surface area contributed by atoms with Crippen molar-refractivity contribution in [3.8, 4) is 5.75 Å². The van der Waals surface area contributed by atoms with Crippen molar-refractivity contribution < 1.29 is 23.5 Å². The molecule has 0 radical (unpaired) electrons. The molecule has 0 fully saturated rings. The van der Waals surface area contributed by atoms with Crippen LogP contribution in [0.2, 0.25) is 0 Å². The molecule has 1 aromatic carbocycles. The van der Waals surface area contributed by atoms with E-state index in [-0.39, 0.29) is 5.75 Å². The van der Waals surface area contributed by atoms with E-state index in [9.17, 15) is 14.0 Å². The van der Waals surface area contributed by atoms with Gasteiger partial charge in [-0.3, -0.25) is 0 Å². The van der Waals surface area contributed by atoms with E-state index in [1.807, 2.05) is 0 Å². The number of halogens is 1. The van der Waals surface area contributed by atoms with Gasteiger partial charge < -0.3 is 9.47 Å². The average Bonchev–Trinajstić information content (AvgIpc) is 2.14. The Bertz CT molecular complexity index is 380. The molecule has 5 heteroatoms. The van der Waals surface area contributed by atoms with Crippen LogP contribution in [0, 0.1) is 12.7 Å². The standard InChI is InChI=1S/C10H9FO4/c1-6-3-7(11)5-8(4-6)15-10(13)9(12)14-2/h3-5H,1-2H3. The van der Waals surface area contributed by atoms with E-state index < -0.39 is 17.8 Å². The first-order valence-corrected chi connectivity index (χ1v) is 4.10. The van der Waals surface area contributed by atoms with Crippen LogP contribution < -0.4 is 4.74 Å². The molecule has 0 amide bonds. The van der Waals surface area contributed by atoms with Crippen molar-refractivity contribution in [2.24, 2.45) is 0 Å². The predicted molar refractivity (Wildman–Crippen MR) is 48.8 cm³/mol. The van der Waals surface area contributed by atoms with Crippen molar-refractivity contribution in [2.75, 3.05) is 7.11 Å². The molecule has 15 heavy (non-hydrogen) atoms. The topological polar surface area (TPSA) is 52.6 Å². The van der Waals surface area contributed by atoms with E-state index >= 15 is 0 Å². The number of hydrogen-bond acceptors (Lipinski definition) is 4. The summed E-state index contributed by atoms with van der Waals surface area (Å²) >= 11 is 0. The smallest absolute Gasteiger partial charge is 0.422 e. The first kappa shape index (κ1) is 11.2. The van der Waals surface area contributed by atoms with Gasteiger partial charge in [-0.2, -0.15) is 0 Å². The monoisotopic (exact) mass is 212 g/mol. The average molecular weight is 212 g/mol. The number of ether oxygens (including phenoxy) is 2. The van der Waals surface area contributed by atoms with Crippen LogP contribution in [0.25, 0.3) is 0 Å². The van der Waals surface area contributed by atoms with Crippen LogP contribution in [-0.2, 0) is 14.3 Å². The second kappa shape index (κ2) is 4.54. The molecule has 0 spiro atoms. The van der Waals surface area contributed by atoms with Crippen molar-refractivity contribution in [3.05, 3.63) is 29.6 Å². The third-order valence-electron chi connectivity index (χ3n) is 1.58. The Balaban J connectivity index is 2.81. The van der Waals surface area contributed by atoms with E-state index in [2.05, 4.69) is 9.47 Å². The van der Waals surface area contributed by atoms with Gasteiger partial charge in [-0.15, -0.1) is 0 Å². The molecule has 0 heterocycles. The summed E-state index contributed by atoms with van der Waals surface area (Å²) in [6.07, 6.45) is 0. The molecule has 1 rings (SSSR count). The van der Waals surface area contributed by atoms with Crippen LogP contribution in [0.5, 0.6) is 5.75 Å². The van der Waals surface area contributed by atoms with Gasteiger partial charge in [0.1, 0.15) is 11.6 Å². The minimum atomic E-state index is -1.18. The van der Waals surface area contributed by atoms with Crippen molar-refractivity contribution in [2.45, 2.75) is 6.92 Å². The Labute approximate surface area is 85.6 Å². The van der Waals surface area contributed by atoms with Gasteiger partial charge in [0, 0.05) is 6.07 Å². The maximum absolute atomic E-state index is 12.9. The number of esters is 2. The van der Waals surface area contributed by atoms with Crippen molar-refractivity contribution in [1.29, 1.82) is 0 Å². The summed E-state index contributed by atoms with van der Waals surface area (Å²) in [4.78, 5) is 21.6. The van der Waals surface area contributed by atoms with Gasteiger partial charge in [-0.1, -0.05) is 0 Å². The Morgan fingerprint density at radius 2 is 1.87 bits per heavy atom. The predicted octanol–water partition coefficient (Wildman–Crippen LogP) is 1.21. The molecule has 0 N–H and O–H groups in total. The van der Waals surface area contributed by atoms with Gasteiger partial charge in [0.2, 0.25) is 0 Å². The highest BCUT2D eigenvalue weighted by molar-refractivity contribution is 6.30. The molecule has 0 aliphatic rings. The highest BCUT2D eigenvalue weighted by Crippen LogP contribution is 2.15. The molecule has 0 bridgehead atoms. The lowest BCUT2D eigenvalue weighted by Crippen LogP contribution is -2.21. The zero-order valence-corrected chi connectivity index (χ0v) is 8.24. The molecule has 0 aliphatic carbocycles. The minimum absolute atomic E-state index is 0.0251. The van der Waals surface area contributed by atoms with E-state index in [0.29, 0.717) is 5.56 Å². The Kier molecular flexibility index (Phi) is 3.38. The summed E-state index contributed by atoms with van der Waals surface area (Å²) in [7, 11) is 1.06. The number of carbonyl (C=O) groups excluding carboxylic acids is 2. The number of hydrogen-bond donors (Lipinski definition) is 0. The molecule has 0 aromatic heterocycles. The summed E-state index contributed by atoms with van der Waals surface area (Å²) in [5, 5.41) is 0. The Morgan fingerprint density at radius 3 is 2.40 bits per heavy atom. The third-order valence-corrected chi connectivity index (χ3v) is 1.58. The van der Waals surface area contributed by atoms with Gasteiger partial charge in [0.05, 0.1) is 7.11 Å². The molecule has 0 unspecified atom stereocenters. The third kappa shape index (κ3) is 3.05. The van der Waals surface area contributed by atoms with Crippen LogP contribution in [0.4, 0.5) is 4.39 Å². The van der Waals surface area contributed by atoms with Crippen molar-refractivity contribution in [1.82, 2.24) is 0 Å². The molecule has 4 nitrogen and oxygen atoms in total. The van der Waals surface area contributed by atoms with Crippen LogP contribution in [0.15, 0.2) is 18.2 Å². The maximum atomic E-state index is 12.9. The van der Waals surface area contributed by atoms with Gasteiger partial charge in [-0.25, -0.2) is 14.0 Å². The van der Waals surface area contributed by atoms with Crippen molar-refractivity contribution in [3.63, 3.8) is 0 Å². The fourth-order valence-corrected chi connectivity index (χ4v) is 0.994.